The van der Waals surface area contributed by atoms with Crippen molar-refractivity contribution in [2.75, 3.05) is 18.0 Å². The molecule has 0 spiro atoms. The maximum atomic E-state index is 14.0. The van der Waals surface area contributed by atoms with Crippen molar-refractivity contribution in [1.82, 2.24) is 9.78 Å². The van der Waals surface area contributed by atoms with Crippen LogP contribution < -0.4 is 10.6 Å². The minimum Gasteiger partial charge on any atom is -0.330 e. The number of benzene rings is 1. The molecule has 5 nitrogen and oxygen atoms in total. The van der Waals surface area contributed by atoms with Gasteiger partial charge in [0, 0.05) is 19.8 Å². The molecule has 0 saturated heterocycles. The van der Waals surface area contributed by atoms with Crippen LogP contribution in [0.5, 0.6) is 0 Å². The quantitative estimate of drug-likeness (QED) is 0.914. The molecule has 1 aromatic carbocycles. The van der Waals surface area contributed by atoms with Crippen molar-refractivity contribution in [3.8, 4) is 0 Å². The molecule has 2 aromatic rings. The number of nitrogens with zero attached hydrogens (tertiary/aromatic N) is 3. The zero-order valence-corrected chi connectivity index (χ0v) is 12.2. The molecular weight excluding hydrogens is 271 g/mol. The maximum Gasteiger partial charge on any atom is 0.261 e. The lowest BCUT2D eigenvalue weighted by Gasteiger charge is -2.23. The Bertz CT molecular complexity index is 638. The number of anilines is 1. The standard InChI is InChI=1S/C15H19FN4O/c1-11-12(10-19(2)18-11)15(21)20(9-5-8-17)14-7-4-3-6-13(14)16/h3-4,6-7,10H,5,8-9,17H2,1-2H3. The van der Waals surface area contributed by atoms with E-state index < -0.39 is 5.82 Å². The van der Waals surface area contributed by atoms with Gasteiger partial charge in [0.25, 0.3) is 5.91 Å². The highest BCUT2D eigenvalue weighted by Gasteiger charge is 2.23. The Morgan fingerprint density at radius 2 is 2.14 bits per heavy atom. The SMILES string of the molecule is Cc1nn(C)cc1C(=O)N(CCCN)c1ccccc1F. The van der Waals surface area contributed by atoms with Crippen LogP contribution in [0, 0.1) is 12.7 Å². The van der Waals surface area contributed by atoms with Crippen LogP contribution in [0.25, 0.3) is 0 Å². The number of carbonyl (C=O) groups is 1. The van der Waals surface area contributed by atoms with E-state index in [4.69, 9.17) is 5.73 Å². The van der Waals surface area contributed by atoms with E-state index in [-0.39, 0.29) is 11.6 Å². The number of aromatic nitrogens is 2. The zero-order chi connectivity index (χ0) is 15.4. The molecule has 1 amide bonds. The minimum absolute atomic E-state index is 0.263. The van der Waals surface area contributed by atoms with Crippen LogP contribution in [0.2, 0.25) is 0 Å². The van der Waals surface area contributed by atoms with Gasteiger partial charge >= 0.3 is 0 Å². The molecule has 1 heterocycles. The van der Waals surface area contributed by atoms with Gasteiger partial charge in [0.2, 0.25) is 0 Å². The molecule has 0 unspecified atom stereocenters. The number of hydrogen-bond donors (Lipinski definition) is 1. The molecule has 2 N–H and O–H groups in total. The smallest absolute Gasteiger partial charge is 0.261 e. The fourth-order valence-electron chi connectivity index (χ4n) is 2.21. The third kappa shape index (κ3) is 3.28. The van der Waals surface area contributed by atoms with E-state index in [2.05, 4.69) is 5.10 Å². The van der Waals surface area contributed by atoms with Gasteiger partial charge < -0.3 is 10.6 Å². The lowest BCUT2D eigenvalue weighted by atomic mass is 10.2. The predicted octanol–water partition coefficient (Wildman–Crippen LogP) is 1.86. The van der Waals surface area contributed by atoms with Gasteiger partial charge in [-0.15, -0.1) is 0 Å². The Labute approximate surface area is 123 Å². The van der Waals surface area contributed by atoms with E-state index in [0.29, 0.717) is 30.8 Å². The molecule has 0 aliphatic heterocycles. The highest BCUT2D eigenvalue weighted by atomic mass is 19.1. The summed E-state index contributed by atoms with van der Waals surface area (Å²) in [5, 5.41) is 4.16. The van der Waals surface area contributed by atoms with Crippen LogP contribution in [0.1, 0.15) is 22.5 Å². The number of aryl methyl sites for hydroxylation is 2. The number of rotatable bonds is 5. The number of amides is 1. The number of carbonyl (C=O) groups excluding carboxylic acids is 1. The van der Waals surface area contributed by atoms with Crippen molar-refractivity contribution in [1.29, 1.82) is 0 Å². The summed E-state index contributed by atoms with van der Waals surface area (Å²) in [6.45, 7) is 2.56. The first-order chi connectivity index (χ1) is 10.0. The Balaban J connectivity index is 2.38. The van der Waals surface area contributed by atoms with E-state index in [1.165, 1.54) is 11.0 Å². The highest BCUT2D eigenvalue weighted by molar-refractivity contribution is 6.06. The number of para-hydroxylation sites is 1. The second-order valence-electron chi connectivity index (χ2n) is 4.85. The number of halogens is 1. The Morgan fingerprint density at radius 3 is 2.71 bits per heavy atom. The average Bonchev–Trinajstić information content (AvgIpc) is 2.79. The molecule has 0 atom stereocenters. The zero-order valence-electron chi connectivity index (χ0n) is 12.2. The summed E-state index contributed by atoms with van der Waals surface area (Å²) in [6.07, 6.45) is 2.24. The molecular formula is C15H19FN4O. The van der Waals surface area contributed by atoms with Crippen molar-refractivity contribution in [2.45, 2.75) is 13.3 Å². The first kappa shape index (κ1) is 15.2. The lowest BCUT2D eigenvalue weighted by Crippen LogP contribution is -2.33. The van der Waals surface area contributed by atoms with Crippen LogP contribution in [-0.4, -0.2) is 28.8 Å². The lowest BCUT2D eigenvalue weighted by molar-refractivity contribution is 0.0985. The minimum atomic E-state index is -0.426. The molecule has 0 aliphatic carbocycles. The summed E-state index contributed by atoms with van der Waals surface area (Å²) < 4.78 is 15.6. The van der Waals surface area contributed by atoms with Gasteiger partial charge in [0.15, 0.2) is 0 Å². The molecule has 112 valence electrons. The Kier molecular flexibility index (Phi) is 4.70. The van der Waals surface area contributed by atoms with E-state index in [1.807, 2.05) is 0 Å². The molecule has 6 heteroatoms. The summed E-state index contributed by atoms with van der Waals surface area (Å²) in [4.78, 5) is 14.1. The fraction of sp³-hybridized carbons (Fsp3) is 0.333. The second-order valence-corrected chi connectivity index (χ2v) is 4.85. The molecule has 21 heavy (non-hydrogen) atoms. The van der Waals surface area contributed by atoms with Crippen LogP contribution in [0.15, 0.2) is 30.5 Å². The summed E-state index contributed by atoms with van der Waals surface area (Å²) in [5.41, 5.74) is 6.87. The van der Waals surface area contributed by atoms with E-state index in [1.54, 1.807) is 43.0 Å². The van der Waals surface area contributed by atoms with Crippen molar-refractivity contribution in [3.63, 3.8) is 0 Å². The largest absolute Gasteiger partial charge is 0.330 e. The van der Waals surface area contributed by atoms with E-state index >= 15 is 0 Å². The molecule has 0 aliphatic rings. The van der Waals surface area contributed by atoms with Crippen molar-refractivity contribution in [2.24, 2.45) is 12.8 Å². The third-order valence-electron chi connectivity index (χ3n) is 3.22. The molecule has 0 bridgehead atoms. The van der Waals surface area contributed by atoms with Gasteiger partial charge in [0.05, 0.1) is 16.9 Å². The second kappa shape index (κ2) is 6.49. The topological polar surface area (TPSA) is 64.2 Å². The fourth-order valence-corrected chi connectivity index (χ4v) is 2.21. The van der Waals surface area contributed by atoms with Gasteiger partial charge in [0.1, 0.15) is 5.82 Å². The third-order valence-corrected chi connectivity index (χ3v) is 3.22. The first-order valence-electron chi connectivity index (χ1n) is 6.81. The summed E-state index contributed by atoms with van der Waals surface area (Å²) in [7, 11) is 1.75. The van der Waals surface area contributed by atoms with Crippen molar-refractivity contribution >= 4 is 11.6 Å². The number of nitrogens with two attached hydrogens (primary N) is 1. The van der Waals surface area contributed by atoms with Crippen LogP contribution in [-0.2, 0) is 7.05 Å². The molecule has 0 radical (unpaired) electrons. The molecule has 1 aromatic heterocycles. The molecule has 0 saturated carbocycles. The van der Waals surface area contributed by atoms with Crippen LogP contribution in [0.3, 0.4) is 0 Å². The first-order valence-corrected chi connectivity index (χ1v) is 6.81. The monoisotopic (exact) mass is 290 g/mol. The summed E-state index contributed by atoms with van der Waals surface area (Å²) in [6, 6.07) is 6.24. The maximum absolute atomic E-state index is 14.0. The van der Waals surface area contributed by atoms with Crippen LogP contribution >= 0.6 is 0 Å². The van der Waals surface area contributed by atoms with E-state index in [0.717, 1.165) is 0 Å². The van der Waals surface area contributed by atoms with Gasteiger partial charge in [-0.2, -0.15) is 5.10 Å². The van der Waals surface area contributed by atoms with E-state index in [9.17, 15) is 9.18 Å². The molecule has 2 rings (SSSR count). The van der Waals surface area contributed by atoms with Gasteiger partial charge in [-0.1, -0.05) is 12.1 Å². The summed E-state index contributed by atoms with van der Waals surface area (Å²) in [5.74, 6) is -0.691. The van der Waals surface area contributed by atoms with Crippen molar-refractivity contribution in [3.05, 3.63) is 47.5 Å². The molecule has 0 fully saturated rings. The Hall–Kier alpha value is -2.21. The van der Waals surface area contributed by atoms with Crippen LogP contribution in [0.4, 0.5) is 10.1 Å². The summed E-state index contributed by atoms with van der Waals surface area (Å²) >= 11 is 0. The van der Waals surface area contributed by atoms with Gasteiger partial charge in [-0.25, -0.2) is 4.39 Å². The van der Waals surface area contributed by atoms with Gasteiger partial charge in [-0.05, 0) is 32.0 Å². The predicted molar refractivity (Wildman–Crippen MR) is 79.7 cm³/mol. The normalized spacial score (nSPS) is 10.7. The Morgan fingerprint density at radius 1 is 1.43 bits per heavy atom. The number of hydrogen-bond acceptors (Lipinski definition) is 3. The average molecular weight is 290 g/mol. The van der Waals surface area contributed by atoms with Gasteiger partial charge in [-0.3, -0.25) is 9.48 Å². The highest BCUT2D eigenvalue weighted by Crippen LogP contribution is 2.22. The van der Waals surface area contributed by atoms with Crippen molar-refractivity contribution < 1.29 is 9.18 Å².